The second kappa shape index (κ2) is 8.66. The van der Waals surface area contributed by atoms with Crippen LogP contribution in [0, 0.1) is 5.92 Å². The number of carbonyl (C=O) groups excluding carboxylic acids is 1. The van der Waals surface area contributed by atoms with Crippen molar-refractivity contribution in [3.8, 4) is 11.5 Å². The molecule has 0 bridgehead atoms. The molecule has 1 aliphatic rings. The quantitative estimate of drug-likeness (QED) is 0.562. The number of aromatic amines is 1. The molecule has 30 heavy (non-hydrogen) atoms. The van der Waals surface area contributed by atoms with Crippen LogP contribution in [0.5, 0.6) is 0 Å². The van der Waals surface area contributed by atoms with Crippen molar-refractivity contribution in [2.75, 3.05) is 24.7 Å². The van der Waals surface area contributed by atoms with Gasteiger partial charge in [-0.3, -0.25) is 9.89 Å². The van der Waals surface area contributed by atoms with Gasteiger partial charge in [-0.1, -0.05) is 0 Å². The van der Waals surface area contributed by atoms with Crippen molar-refractivity contribution in [1.29, 1.82) is 0 Å². The van der Waals surface area contributed by atoms with Crippen LogP contribution in [0.2, 0.25) is 0 Å². The van der Waals surface area contributed by atoms with E-state index < -0.39 is 10.0 Å². The number of aromatic nitrogens is 2. The Balaban J connectivity index is 1.36. The minimum absolute atomic E-state index is 0.0801. The molecule has 3 aromatic rings. The van der Waals surface area contributed by atoms with E-state index in [0.717, 1.165) is 10.6 Å². The fourth-order valence-electron chi connectivity index (χ4n) is 3.40. The lowest BCUT2D eigenvalue weighted by atomic mass is 9.97. The molecule has 1 fully saturated rings. The lowest BCUT2D eigenvalue weighted by Crippen LogP contribution is -2.41. The summed E-state index contributed by atoms with van der Waals surface area (Å²) in [5, 5.41) is 9.40. The highest BCUT2D eigenvalue weighted by Gasteiger charge is 2.34. The molecule has 0 aliphatic carbocycles. The molecule has 10 heteroatoms. The summed E-state index contributed by atoms with van der Waals surface area (Å²) >= 11 is 1.64. The Morgan fingerprint density at radius 3 is 2.53 bits per heavy atom. The molecular formula is C20H22N4O4S2. The van der Waals surface area contributed by atoms with Gasteiger partial charge in [0.2, 0.25) is 11.0 Å². The van der Waals surface area contributed by atoms with Crippen LogP contribution in [0.4, 0.5) is 5.69 Å². The third-order valence-corrected chi connectivity index (χ3v) is 7.64. The summed E-state index contributed by atoms with van der Waals surface area (Å²) in [5.41, 5.74) is 1.35. The Kier molecular flexibility index (Phi) is 5.98. The largest absolute Gasteiger partial charge is 0.442 e. The maximum absolute atomic E-state index is 12.9. The number of amides is 1. The summed E-state index contributed by atoms with van der Waals surface area (Å²) in [6, 6.07) is 12.4. The summed E-state index contributed by atoms with van der Waals surface area (Å²) in [6.45, 7) is 0.540. The number of furan rings is 1. The lowest BCUT2D eigenvalue weighted by molar-refractivity contribution is -0.120. The van der Waals surface area contributed by atoms with E-state index in [4.69, 9.17) is 4.42 Å². The zero-order chi connectivity index (χ0) is 21.1. The zero-order valence-electron chi connectivity index (χ0n) is 16.4. The average Bonchev–Trinajstić information content (AvgIpc) is 3.46. The molecule has 0 unspecified atom stereocenters. The number of nitrogens with one attached hydrogen (secondary N) is 2. The van der Waals surface area contributed by atoms with E-state index >= 15 is 0 Å². The third-order valence-electron chi connectivity index (χ3n) is 5.12. The predicted octanol–water partition coefficient (Wildman–Crippen LogP) is 3.43. The molecule has 0 saturated carbocycles. The number of thioether (sulfide) groups is 1. The van der Waals surface area contributed by atoms with Crippen molar-refractivity contribution in [2.45, 2.75) is 22.8 Å². The molecule has 0 spiro atoms. The van der Waals surface area contributed by atoms with Crippen LogP contribution in [-0.2, 0) is 14.8 Å². The molecule has 2 aromatic heterocycles. The van der Waals surface area contributed by atoms with Crippen molar-refractivity contribution in [3.63, 3.8) is 0 Å². The molecule has 8 nitrogen and oxygen atoms in total. The maximum atomic E-state index is 12.9. The Morgan fingerprint density at radius 1 is 1.17 bits per heavy atom. The summed E-state index contributed by atoms with van der Waals surface area (Å²) in [5.74, 6) is 0.102. The number of benzene rings is 1. The molecular weight excluding hydrogens is 424 g/mol. The molecule has 3 heterocycles. The standard InChI is InChI=1S/C20H22N4O4S2/c1-29-16-4-2-15(3-5-16)22-20(25)14-9-12-24(13-10-14)30(26,27)19-7-6-18(28-19)17-8-11-21-23-17/h2-8,11,14H,9-10,12-13H2,1H3,(H,21,23)(H,22,25). The van der Waals surface area contributed by atoms with Crippen molar-refractivity contribution in [1.82, 2.24) is 14.5 Å². The van der Waals surface area contributed by atoms with E-state index in [-0.39, 0.29) is 30.0 Å². The fraction of sp³-hybridized carbons (Fsp3) is 0.300. The molecule has 158 valence electrons. The number of rotatable bonds is 6. The van der Waals surface area contributed by atoms with Crippen LogP contribution in [0.3, 0.4) is 0 Å². The Hall–Kier alpha value is -2.56. The molecule has 0 atom stereocenters. The first-order chi connectivity index (χ1) is 14.5. The molecule has 2 N–H and O–H groups in total. The van der Waals surface area contributed by atoms with Gasteiger partial charge < -0.3 is 9.73 Å². The Labute approximate surface area is 179 Å². The van der Waals surface area contributed by atoms with Crippen LogP contribution in [0.1, 0.15) is 12.8 Å². The smallest absolute Gasteiger partial charge is 0.276 e. The SMILES string of the molecule is CSc1ccc(NC(=O)C2CCN(S(=O)(=O)c3ccc(-c4ccn[nH]4)o3)CC2)cc1. The molecule has 4 rings (SSSR count). The number of sulfonamides is 1. The summed E-state index contributed by atoms with van der Waals surface area (Å²) in [4.78, 5) is 13.7. The predicted molar refractivity (Wildman–Crippen MR) is 115 cm³/mol. The van der Waals surface area contributed by atoms with Gasteiger partial charge in [-0.2, -0.15) is 9.40 Å². The van der Waals surface area contributed by atoms with Gasteiger partial charge in [-0.05, 0) is 61.6 Å². The van der Waals surface area contributed by atoms with Crippen molar-refractivity contribution < 1.29 is 17.6 Å². The van der Waals surface area contributed by atoms with Crippen LogP contribution in [-0.4, -0.2) is 48.2 Å². The summed E-state index contributed by atoms with van der Waals surface area (Å²) < 4.78 is 32.7. The number of H-pyrrole nitrogens is 1. The van der Waals surface area contributed by atoms with E-state index in [0.29, 0.717) is 24.3 Å². The van der Waals surface area contributed by atoms with Gasteiger partial charge in [-0.15, -0.1) is 11.8 Å². The van der Waals surface area contributed by atoms with E-state index in [1.54, 1.807) is 30.1 Å². The van der Waals surface area contributed by atoms with Gasteiger partial charge in [0.1, 0.15) is 5.69 Å². The summed E-state index contributed by atoms with van der Waals surface area (Å²) in [7, 11) is -3.75. The van der Waals surface area contributed by atoms with Gasteiger partial charge >= 0.3 is 0 Å². The van der Waals surface area contributed by atoms with Crippen molar-refractivity contribution in [3.05, 3.63) is 48.7 Å². The maximum Gasteiger partial charge on any atom is 0.276 e. The second-order valence-corrected chi connectivity index (χ2v) is 9.73. The number of anilines is 1. The van der Waals surface area contributed by atoms with Gasteiger partial charge in [0.25, 0.3) is 10.0 Å². The Morgan fingerprint density at radius 2 is 1.90 bits per heavy atom. The highest BCUT2D eigenvalue weighted by Crippen LogP contribution is 2.28. The lowest BCUT2D eigenvalue weighted by Gasteiger charge is -2.29. The Bertz CT molecular complexity index is 1100. The number of hydrogen-bond donors (Lipinski definition) is 2. The van der Waals surface area contributed by atoms with E-state index in [1.807, 2.05) is 30.5 Å². The van der Waals surface area contributed by atoms with Crippen LogP contribution in [0.15, 0.2) is 63.1 Å². The molecule has 1 aliphatic heterocycles. The van der Waals surface area contributed by atoms with Crippen LogP contribution < -0.4 is 5.32 Å². The fourth-order valence-corrected chi connectivity index (χ4v) is 5.19. The first-order valence-corrected chi connectivity index (χ1v) is 12.2. The summed E-state index contributed by atoms with van der Waals surface area (Å²) in [6.07, 6.45) is 4.49. The van der Waals surface area contributed by atoms with Gasteiger partial charge in [0.15, 0.2) is 5.76 Å². The van der Waals surface area contributed by atoms with E-state index in [2.05, 4.69) is 15.5 Å². The highest BCUT2D eigenvalue weighted by molar-refractivity contribution is 7.98. The van der Waals surface area contributed by atoms with Crippen LogP contribution >= 0.6 is 11.8 Å². The molecule has 1 aromatic carbocycles. The average molecular weight is 447 g/mol. The van der Waals surface area contributed by atoms with Crippen LogP contribution in [0.25, 0.3) is 11.5 Å². The molecule has 0 radical (unpaired) electrons. The second-order valence-electron chi connectivity index (χ2n) is 6.99. The van der Waals surface area contributed by atoms with Gasteiger partial charge in [-0.25, -0.2) is 8.42 Å². The zero-order valence-corrected chi connectivity index (χ0v) is 18.0. The highest BCUT2D eigenvalue weighted by atomic mass is 32.2. The van der Waals surface area contributed by atoms with E-state index in [1.165, 1.54) is 10.4 Å². The van der Waals surface area contributed by atoms with E-state index in [9.17, 15) is 13.2 Å². The number of nitrogens with zero attached hydrogens (tertiary/aromatic N) is 2. The number of hydrogen-bond acceptors (Lipinski definition) is 6. The van der Waals surface area contributed by atoms with Gasteiger partial charge in [0.05, 0.1) is 0 Å². The molecule has 1 amide bonds. The van der Waals surface area contributed by atoms with Crippen molar-refractivity contribution in [2.24, 2.45) is 5.92 Å². The third kappa shape index (κ3) is 4.30. The first kappa shape index (κ1) is 20.7. The number of piperidine rings is 1. The minimum atomic E-state index is -3.75. The monoisotopic (exact) mass is 446 g/mol. The van der Waals surface area contributed by atoms with Crippen molar-refractivity contribution >= 4 is 33.4 Å². The minimum Gasteiger partial charge on any atom is -0.442 e. The van der Waals surface area contributed by atoms with Gasteiger partial charge in [0, 0.05) is 35.8 Å². The number of carbonyl (C=O) groups is 1. The topological polar surface area (TPSA) is 108 Å². The normalized spacial score (nSPS) is 15.9. The molecule has 1 saturated heterocycles. The first-order valence-electron chi connectivity index (χ1n) is 9.52.